The average molecular weight is 225 g/mol. The maximum absolute atomic E-state index is 11.1. The van der Waals surface area contributed by atoms with Gasteiger partial charge in [0.05, 0.1) is 9.99 Å². The van der Waals surface area contributed by atoms with Gasteiger partial charge in [0.15, 0.2) is 0 Å². The van der Waals surface area contributed by atoms with Crippen LogP contribution in [0.4, 0.5) is 0 Å². The Morgan fingerprint density at radius 2 is 2.08 bits per heavy atom. The number of rotatable bonds is 0. The number of hydrogen-bond acceptors (Lipinski definition) is 2. The van der Waals surface area contributed by atoms with Gasteiger partial charge in [-0.15, -0.1) is 0 Å². The molecule has 0 fully saturated rings. The molecule has 0 aliphatic heterocycles. The first-order valence-corrected chi connectivity index (χ1v) is 4.21. The summed E-state index contributed by atoms with van der Waals surface area (Å²) in [5.74, 6) is 0. The number of H-pyrrole nitrogens is 1. The zero-order valence-corrected chi connectivity index (χ0v) is 7.63. The standard InChI is InChI=1S/C8H5BrN2O/c9-7-5-3-1-2-4-6(5)10-11-8(7)12/h1-4H,(H,11,12). The van der Waals surface area contributed by atoms with Crippen LogP contribution < -0.4 is 5.56 Å². The number of nitrogens with one attached hydrogen (secondary N) is 1. The molecule has 4 heteroatoms. The second-order valence-corrected chi connectivity index (χ2v) is 3.18. The van der Waals surface area contributed by atoms with E-state index in [4.69, 9.17) is 0 Å². The van der Waals surface area contributed by atoms with Crippen LogP contribution in [0.25, 0.3) is 10.9 Å². The van der Waals surface area contributed by atoms with Crippen molar-refractivity contribution in [1.82, 2.24) is 10.2 Å². The van der Waals surface area contributed by atoms with Crippen molar-refractivity contribution in [2.24, 2.45) is 0 Å². The Kier molecular flexibility index (Phi) is 1.69. The number of fused-ring (bicyclic) bond motifs is 1. The second kappa shape index (κ2) is 2.71. The average Bonchev–Trinajstić information content (AvgIpc) is 2.12. The van der Waals surface area contributed by atoms with Gasteiger partial charge >= 0.3 is 0 Å². The molecule has 0 aliphatic rings. The fourth-order valence-corrected chi connectivity index (χ4v) is 1.46. The highest BCUT2D eigenvalue weighted by Gasteiger charge is 2.01. The van der Waals surface area contributed by atoms with Gasteiger partial charge in [-0.1, -0.05) is 18.2 Å². The quantitative estimate of drug-likeness (QED) is 0.741. The van der Waals surface area contributed by atoms with Crippen molar-refractivity contribution < 1.29 is 0 Å². The van der Waals surface area contributed by atoms with Crippen molar-refractivity contribution in [2.45, 2.75) is 0 Å². The van der Waals surface area contributed by atoms with Gasteiger partial charge in [-0.3, -0.25) is 4.79 Å². The van der Waals surface area contributed by atoms with Crippen LogP contribution in [-0.4, -0.2) is 10.2 Å². The lowest BCUT2D eigenvalue weighted by Crippen LogP contribution is -2.08. The van der Waals surface area contributed by atoms with Gasteiger partial charge in [-0.25, -0.2) is 5.10 Å². The van der Waals surface area contributed by atoms with Gasteiger partial charge in [0.1, 0.15) is 0 Å². The summed E-state index contributed by atoms with van der Waals surface area (Å²) in [4.78, 5) is 11.1. The van der Waals surface area contributed by atoms with E-state index >= 15 is 0 Å². The zero-order chi connectivity index (χ0) is 8.55. The van der Waals surface area contributed by atoms with E-state index in [2.05, 4.69) is 26.1 Å². The minimum absolute atomic E-state index is 0.200. The molecule has 60 valence electrons. The molecule has 1 aromatic heterocycles. The van der Waals surface area contributed by atoms with Crippen molar-refractivity contribution >= 4 is 26.8 Å². The van der Waals surface area contributed by atoms with E-state index in [-0.39, 0.29) is 5.56 Å². The summed E-state index contributed by atoms with van der Waals surface area (Å²) in [6.07, 6.45) is 0. The molecule has 1 N–H and O–H groups in total. The molecule has 0 saturated carbocycles. The Hall–Kier alpha value is -1.16. The van der Waals surface area contributed by atoms with Crippen LogP contribution in [0.2, 0.25) is 0 Å². The number of para-hydroxylation sites is 1. The van der Waals surface area contributed by atoms with Gasteiger partial charge in [0.25, 0.3) is 5.56 Å². The molecule has 0 atom stereocenters. The summed E-state index contributed by atoms with van der Waals surface area (Å²) in [5, 5.41) is 7.10. The third-order valence-electron chi connectivity index (χ3n) is 1.62. The van der Waals surface area contributed by atoms with Gasteiger partial charge in [0, 0.05) is 5.39 Å². The summed E-state index contributed by atoms with van der Waals surface area (Å²) in [6.45, 7) is 0. The number of benzene rings is 1. The molecule has 0 unspecified atom stereocenters. The lowest BCUT2D eigenvalue weighted by atomic mass is 10.2. The van der Waals surface area contributed by atoms with Gasteiger partial charge in [-0.05, 0) is 22.0 Å². The maximum atomic E-state index is 11.1. The number of aromatic nitrogens is 2. The molecule has 2 rings (SSSR count). The third-order valence-corrected chi connectivity index (χ3v) is 2.41. The van der Waals surface area contributed by atoms with E-state index in [9.17, 15) is 4.79 Å². The smallest absolute Gasteiger partial charge is 0.267 e. The van der Waals surface area contributed by atoms with Crippen LogP contribution in [0.3, 0.4) is 0 Å². The summed E-state index contributed by atoms with van der Waals surface area (Å²) in [7, 11) is 0. The fourth-order valence-electron chi connectivity index (χ4n) is 1.04. The maximum Gasteiger partial charge on any atom is 0.279 e. The first-order chi connectivity index (χ1) is 5.79. The van der Waals surface area contributed by atoms with E-state index in [1.165, 1.54) is 0 Å². The number of aromatic amines is 1. The van der Waals surface area contributed by atoms with Crippen molar-refractivity contribution in [3.63, 3.8) is 0 Å². The molecule has 1 heterocycles. The van der Waals surface area contributed by atoms with Gasteiger partial charge in [-0.2, -0.15) is 5.10 Å². The molecule has 0 spiro atoms. The normalized spacial score (nSPS) is 10.4. The monoisotopic (exact) mass is 224 g/mol. The van der Waals surface area contributed by atoms with Crippen LogP contribution in [0, 0.1) is 0 Å². The van der Waals surface area contributed by atoms with Crippen molar-refractivity contribution in [2.75, 3.05) is 0 Å². The molecule has 0 aliphatic carbocycles. The van der Waals surface area contributed by atoms with E-state index in [1.54, 1.807) is 0 Å². The molecule has 0 saturated heterocycles. The molecule has 0 bridgehead atoms. The van der Waals surface area contributed by atoms with Crippen LogP contribution >= 0.6 is 15.9 Å². The van der Waals surface area contributed by atoms with E-state index < -0.39 is 0 Å². The Labute approximate surface area is 76.5 Å². The summed E-state index contributed by atoms with van der Waals surface area (Å²) in [5.41, 5.74) is 0.581. The third kappa shape index (κ3) is 1.04. The molecule has 3 nitrogen and oxygen atoms in total. The Bertz CT molecular complexity index is 478. The van der Waals surface area contributed by atoms with Crippen LogP contribution in [-0.2, 0) is 0 Å². The van der Waals surface area contributed by atoms with E-state index in [0.717, 1.165) is 10.9 Å². The van der Waals surface area contributed by atoms with E-state index in [1.807, 2.05) is 24.3 Å². The molecule has 12 heavy (non-hydrogen) atoms. The van der Waals surface area contributed by atoms with Crippen LogP contribution in [0.5, 0.6) is 0 Å². The largest absolute Gasteiger partial charge is 0.279 e. The first-order valence-electron chi connectivity index (χ1n) is 3.42. The lowest BCUT2D eigenvalue weighted by Gasteiger charge is -1.95. The molecule has 2 aromatic rings. The summed E-state index contributed by atoms with van der Waals surface area (Å²) in [6, 6.07) is 7.44. The van der Waals surface area contributed by atoms with Crippen LogP contribution in [0.15, 0.2) is 33.5 Å². The van der Waals surface area contributed by atoms with Crippen molar-refractivity contribution in [3.05, 3.63) is 39.1 Å². The highest BCUT2D eigenvalue weighted by atomic mass is 79.9. The fraction of sp³-hybridized carbons (Fsp3) is 0. The summed E-state index contributed by atoms with van der Waals surface area (Å²) >= 11 is 3.20. The minimum atomic E-state index is -0.200. The van der Waals surface area contributed by atoms with E-state index in [0.29, 0.717) is 4.47 Å². The Balaban J connectivity index is 3.01. The Morgan fingerprint density at radius 3 is 2.92 bits per heavy atom. The summed E-state index contributed by atoms with van der Waals surface area (Å²) < 4.78 is 0.535. The SMILES string of the molecule is O=c1[nH]nc2ccccc2c1Br. The number of hydrogen-bond donors (Lipinski definition) is 1. The van der Waals surface area contributed by atoms with Gasteiger partial charge < -0.3 is 0 Å². The van der Waals surface area contributed by atoms with Crippen molar-refractivity contribution in [1.29, 1.82) is 0 Å². The van der Waals surface area contributed by atoms with Gasteiger partial charge in [0.2, 0.25) is 0 Å². The molecule has 1 aromatic carbocycles. The zero-order valence-electron chi connectivity index (χ0n) is 6.04. The molecular weight excluding hydrogens is 220 g/mol. The number of nitrogens with zero attached hydrogens (tertiary/aromatic N) is 1. The van der Waals surface area contributed by atoms with Crippen LogP contribution in [0.1, 0.15) is 0 Å². The highest BCUT2D eigenvalue weighted by molar-refractivity contribution is 9.10. The van der Waals surface area contributed by atoms with Crippen molar-refractivity contribution in [3.8, 4) is 0 Å². The first kappa shape index (κ1) is 7.49. The Morgan fingerprint density at radius 1 is 1.33 bits per heavy atom. The predicted octanol–water partition coefficient (Wildman–Crippen LogP) is 1.69. The molecule has 0 radical (unpaired) electrons. The highest BCUT2D eigenvalue weighted by Crippen LogP contribution is 2.16. The minimum Gasteiger partial charge on any atom is -0.267 e. The topological polar surface area (TPSA) is 45.8 Å². The predicted molar refractivity (Wildman–Crippen MR) is 50.1 cm³/mol. The second-order valence-electron chi connectivity index (χ2n) is 2.38. The lowest BCUT2D eigenvalue weighted by molar-refractivity contribution is 1.02. The molecule has 0 amide bonds. The molecular formula is C8H5BrN2O. The number of halogens is 1.